The molecule has 0 bridgehead atoms. The van der Waals surface area contributed by atoms with Gasteiger partial charge in [-0.1, -0.05) is 6.92 Å². The molecule has 0 spiro atoms. The van der Waals surface area contributed by atoms with E-state index < -0.39 is 0 Å². The molecule has 3 nitrogen and oxygen atoms in total. The second kappa shape index (κ2) is 9.75. The van der Waals surface area contributed by atoms with Gasteiger partial charge in [0.2, 0.25) is 0 Å². The Hall–Kier alpha value is -0.120. The van der Waals surface area contributed by atoms with Crippen LogP contribution in [0.15, 0.2) is 0 Å². The highest BCUT2D eigenvalue weighted by molar-refractivity contribution is 4.82. The summed E-state index contributed by atoms with van der Waals surface area (Å²) in [6, 6.07) is 2.18. The van der Waals surface area contributed by atoms with Crippen LogP contribution >= 0.6 is 0 Å². The molecule has 1 saturated heterocycles. The number of unbranched alkanes of at least 4 members (excludes halogenated alkanes) is 1. The zero-order valence-electron chi connectivity index (χ0n) is 14.5. The highest BCUT2D eigenvalue weighted by atomic mass is 15.2. The van der Waals surface area contributed by atoms with Crippen molar-refractivity contribution in [1.82, 2.24) is 15.1 Å². The Bertz CT molecular complexity index is 242. The first-order chi connectivity index (χ1) is 9.54. The lowest BCUT2D eigenvalue weighted by molar-refractivity contribution is 0.132. The lowest BCUT2D eigenvalue weighted by Crippen LogP contribution is -2.47. The minimum atomic E-state index is 0.675. The summed E-state index contributed by atoms with van der Waals surface area (Å²) in [4.78, 5) is 5.14. The zero-order chi connectivity index (χ0) is 15.0. The van der Waals surface area contributed by atoms with E-state index in [-0.39, 0.29) is 0 Å². The number of nitrogens with zero attached hydrogens (tertiary/aromatic N) is 2. The molecule has 120 valence electrons. The van der Waals surface area contributed by atoms with Gasteiger partial charge in [-0.3, -0.25) is 0 Å². The molecule has 0 saturated carbocycles. The maximum atomic E-state index is 3.68. The van der Waals surface area contributed by atoms with E-state index in [1.54, 1.807) is 0 Å². The molecule has 0 aliphatic carbocycles. The number of likely N-dealkylation sites (tertiary alicyclic amines) is 1. The predicted octanol–water partition coefficient (Wildman–Crippen LogP) is 2.96. The third kappa shape index (κ3) is 6.55. The summed E-state index contributed by atoms with van der Waals surface area (Å²) in [7, 11) is 2.23. The lowest BCUT2D eigenvalue weighted by atomic mass is 9.98. The van der Waals surface area contributed by atoms with Crippen LogP contribution < -0.4 is 5.32 Å². The van der Waals surface area contributed by atoms with Crippen molar-refractivity contribution in [2.75, 3.05) is 33.2 Å². The van der Waals surface area contributed by atoms with E-state index in [4.69, 9.17) is 0 Å². The monoisotopic (exact) mass is 283 g/mol. The van der Waals surface area contributed by atoms with Crippen LogP contribution in [0.1, 0.15) is 59.8 Å². The molecule has 2 unspecified atom stereocenters. The van der Waals surface area contributed by atoms with Crippen LogP contribution in [0.3, 0.4) is 0 Å². The summed E-state index contributed by atoms with van der Waals surface area (Å²) < 4.78 is 0. The molecular formula is C17H37N3. The van der Waals surface area contributed by atoms with Crippen molar-refractivity contribution in [2.24, 2.45) is 0 Å². The SMILES string of the molecule is CCCNC1CCN(CCCCN(C)C(C)C)C(C)C1. The van der Waals surface area contributed by atoms with Crippen LogP contribution in [-0.4, -0.2) is 61.2 Å². The van der Waals surface area contributed by atoms with Crippen LogP contribution in [0.4, 0.5) is 0 Å². The summed E-state index contributed by atoms with van der Waals surface area (Å²) in [6.07, 6.45) is 6.57. The fourth-order valence-electron chi connectivity index (χ4n) is 3.02. The third-order valence-corrected chi connectivity index (χ3v) is 4.78. The maximum absolute atomic E-state index is 3.68. The second-order valence-corrected chi connectivity index (χ2v) is 6.84. The number of hydrogen-bond acceptors (Lipinski definition) is 3. The fraction of sp³-hybridized carbons (Fsp3) is 1.00. The van der Waals surface area contributed by atoms with Crippen molar-refractivity contribution in [3.63, 3.8) is 0 Å². The molecule has 0 amide bonds. The highest BCUT2D eigenvalue weighted by Gasteiger charge is 2.24. The molecule has 1 fully saturated rings. The average Bonchev–Trinajstić information content (AvgIpc) is 2.42. The Morgan fingerprint density at radius 2 is 2.05 bits per heavy atom. The second-order valence-electron chi connectivity index (χ2n) is 6.84. The molecule has 0 aromatic rings. The molecule has 0 aromatic heterocycles. The molecule has 3 heteroatoms. The van der Waals surface area contributed by atoms with Gasteiger partial charge in [-0.2, -0.15) is 0 Å². The zero-order valence-corrected chi connectivity index (χ0v) is 14.5. The number of hydrogen-bond donors (Lipinski definition) is 1. The van der Waals surface area contributed by atoms with E-state index in [1.165, 1.54) is 58.3 Å². The summed E-state index contributed by atoms with van der Waals surface area (Å²) >= 11 is 0. The number of nitrogens with one attached hydrogen (secondary N) is 1. The van der Waals surface area contributed by atoms with Crippen LogP contribution in [-0.2, 0) is 0 Å². The summed E-state index contributed by atoms with van der Waals surface area (Å²) in [6.45, 7) is 14.2. The largest absolute Gasteiger partial charge is 0.314 e. The fourth-order valence-corrected chi connectivity index (χ4v) is 3.02. The molecule has 1 aliphatic rings. The van der Waals surface area contributed by atoms with Gasteiger partial charge in [-0.25, -0.2) is 0 Å². The molecule has 2 atom stereocenters. The van der Waals surface area contributed by atoms with Gasteiger partial charge in [0.05, 0.1) is 0 Å². The Kier molecular flexibility index (Phi) is 8.74. The number of rotatable bonds is 9. The van der Waals surface area contributed by atoms with Crippen molar-refractivity contribution in [3.8, 4) is 0 Å². The minimum absolute atomic E-state index is 0.675. The van der Waals surface area contributed by atoms with Gasteiger partial charge in [0, 0.05) is 18.1 Å². The van der Waals surface area contributed by atoms with Gasteiger partial charge < -0.3 is 15.1 Å². The Morgan fingerprint density at radius 3 is 2.65 bits per heavy atom. The van der Waals surface area contributed by atoms with Crippen LogP contribution in [0.2, 0.25) is 0 Å². The van der Waals surface area contributed by atoms with Gasteiger partial charge in [-0.05, 0) is 86.1 Å². The molecule has 0 radical (unpaired) electrons. The standard InChI is InChI=1S/C17H37N3/c1-6-10-18-17-9-13-20(16(4)14-17)12-8-7-11-19(5)15(2)3/h15-18H,6-14H2,1-5H3. The first-order valence-corrected chi connectivity index (χ1v) is 8.72. The van der Waals surface area contributed by atoms with Crippen LogP contribution in [0, 0.1) is 0 Å². The molecule has 1 aliphatic heterocycles. The van der Waals surface area contributed by atoms with Crippen molar-refractivity contribution in [1.29, 1.82) is 0 Å². The van der Waals surface area contributed by atoms with Gasteiger partial charge in [0.1, 0.15) is 0 Å². The normalized spacial score (nSPS) is 24.8. The van der Waals surface area contributed by atoms with Crippen molar-refractivity contribution in [2.45, 2.75) is 77.9 Å². The Labute approximate surface area is 127 Å². The van der Waals surface area contributed by atoms with E-state index in [9.17, 15) is 0 Å². The smallest absolute Gasteiger partial charge is 0.00940 e. The Morgan fingerprint density at radius 1 is 1.30 bits per heavy atom. The molecule has 20 heavy (non-hydrogen) atoms. The quantitative estimate of drug-likeness (QED) is 0.656. The van der Waals surface area contributed by atoms with Crippen molar-refractivity contribution in [3.05, 3.63) is 0 Å². The van der Waals surface area contributed by atoms with Gasteiger partial charge in [-0.15, -0.1) is 0 Å². The topological polar surface area (TPSA) is 18.5 Å². The van der Waals surface area contributed by atoms with E-state index in [2.05, 4.69) is 49.9 Å². The summed E-state index contributed by atoms with van der Waals surface area (Å²) in [5.74, 6) is 0. The molecule has 1 N–H and O–H groups in total. The van der Waals surface area contributed by atoms with E-state index in [0.29, 0.717) is 6.04 Å². The molecule has 1 heterocycles. The minimum Gasteiger partial charge on any atom is -0.314 e. The van der Waals surface area contributed by atoms with Crippen LogP contribution in [0.5, 0.6) is 0 Å². The van der Waals surface area contributed by atoms with Gasteiger partial charge in [0.15, 0.2) is 0 Å². The lowest BCUT2D eigenvalue weighted by Gasteiger charge is -2.38. The van der Waals surface area contributed by atoms with Crippen LogP contribution in [0.25, 0.3) is 0 Å². The van der Waals surface area contributed by atoms with Crippen molar-refractivity contribution < 1.29 is 0 Å². The average molecular weight is 284 g/mol. The van der Waals surface area contributed by atoms with E-state index in [0.717, 1.165) is 12.1 Å². The van der Waals surface area contributed by atoms with Gasteiger partial charge in [0.25, 0.3) is 0 Å². The maximum Gasteiger partial charge on any atom is 0.00940 e. The summed E-state index contributed by atoms with van der Waals surface area (Å²) in [5, 5.41) is 3.68. The molecular weight excluding hydrogens is 246 g/mol. The third-order valence-electron chi connectivity index (χ3n) is 4.78. The van der Waals surface area contributed by atoms with Crippen molar-refractivity contribution >= 4 is 0 Å². The highest BCUT2D eigenvalue weighted by Crippen LogP contribution is 2.18. The molecule has 1 rings (SSSR count). The van der Waals surface area contributed by atoms with E-state index >= 15 is 0 Å². The van der Waals surface area contributed by atoms with Gasteiger partial charge >= 0.3 is 0 Å². The number of piperidine rings is 1. The first-order valence-electron chi connectivity index (χ1n) is 8.72. The predicted molar refractivity (Wildman–Crippen MR) is 89.4 cm³/mol. The Balaban J connectivity index is 2.13. The summed E-state index contributed by atoms with van der Waals surface area (Å²) in [5.41, 5.74) is 0. The molecule has 0 aromatic carbocycles. The first kappa shape index (κ1) is 17.9. The van der Waals surface area contributed by atoms with E-state index in [1.807, 2.05) is 0 Å².